The SMILES string of the molecule is CCOC(=O)c1c(-c2cc(C)cc(C=CC#N)c2C)c2c([PH+]=O)c(Cl)ccc2n1Cc1ccc(OC)cc1. The van der Waals surface area contributed by atoms with Gasteiger partial charge in [-0.05, 0) is 78.9 Å². The van der Waals surface area contributed by atoms with Crippen molar-refractivity contribution in [1.82, 2.24) is 4.57 Å². The summed E-state index contributed by atoms with van der Waals surface area (Å²) in [7, 11) is 0.775. The molecule has 0 bridgehead atoms. The number of rotatable bonds is 8. The molecule has 0 aliphatic rings. The topological polar surface area (TPSA) is 81.3 Å². The van der Waals surface area contributed by atoms with Crippen molar-refractivity contribution in [3.63, 3.8) is 0 Å². The highest BCUT2D eigenvalue weighted by Gasteiger charge is 2.31. The maximum Gasteiger partial charge on any atom is 0.365 e. The Kier molecular flexibility index (Phi) is 8.32. The van der Waals surface area contributed by atoms with Crippen LogP contribution in [0.5, 0.6) is 5.75 Å². The lowest BCUT2D eigenvalue weighted by Crippen LogP contribution is -2.14. The van der Waals surface area contributed by atoms with Crippen molar-refractivity contribution >= 4 is 48.3 Å². The maximum atomic E-state index is 13.6. The number of fused-ring (bicyclic) bond motifs is 1. The van der Waals surface area contributed by atoms with E-state index in [0.29, 0.717) is 33.5 Å². The van der Waals surface area contributed by atoms with Gasteiger partial charge in [-0.25, -0.2) is 4.79 Å². The highest BCUT2D eigenvalue weighted by Crippen LogP contribution is 2.40. The van der Waals surface area contributed by atoms with Crippen molar-refractivity contribution in [2.75, 3.05) is 13.7 Å². The summed E-state index contributed by atoms with van der Waals surface area (Å²) in [6.45, 7) is 6.22. The Bertz CT molecular complexity index is 1610. The van der Waals surface area contributed by atoms with E-state index < -0.39 is 14.4 Å². The minimum atomic E-state index is -0.835. The zero-order valence-corrected chi connectivity index (χ0v) is 23.3. The van der Waals surface area contributed by atoms with Crippen LogP contribution < -0.4 is 10.0 Å². The number of carbonyl (C=O) groups is 1. The summed E-state index contributed by atoms with van der Waals surface area (Å²) in [6, 6.07) is 17.2. The molecule has 0 saturated heterocycles. The lowest BCUT2D eigenvalue weighted by molar-refractivity contribution is 0.0516. The molecule has 0 saturated carbocycles. The van der Waals surface area contributed by atoms with Crippen LogP contribution in [-0.4, -0.2) is 24.3 Å². The second-order valence-corrected chi connectivity index (χ2v) is 9.90. The normalized spacial score (nSPS) is 11.3. The summed E-state index contributed by atoms with van der Waals surface area (Å²) in [5, 5.41) is 10.6. The number of aromatic nitrogens is 1. The third-order valence-electron chi connectivity index (χ3n) is 6.45. The Labute approximate surface area is 228 Å². The highest BCUT2D eigenvalue weighted by atomic mass is 35.5. The van der Waals surface area contributed by atoms with Gasteiger partial charge < -0.3 is 14.0 Å². The quantitative estimate of drug-likeness (QED) is 0.135. The number of hydrogen-bond acceptors (Lipinski definition) is 5. The molecular weight excluding hydrogens is 519 g/mol. The van der Waals surface area contributed by atoms with Crippen LogP contribution in [0, 0.1) is 25.2 Å². The van der Waals surface area contributed by atoms with Crippen LogP contribution in [0.3, 0.4) is 0 Å². The second kappa shape index (κ2) is 11.6. The van der Waals surface area contributed by atoms with E-state index in [1.807, 2.05) is 66.9 Å². The van der Waals surface area contributed by atoms with Crippen LogP contribution in [0.15, 0.2) is 54.6 Å². The molecule has 192 valence electrons. The lowest BCUT2D eigenvalue weighted by Gasteiger charge is -2.15. The van der Waals surface area contributed by atoms with E-state index >= 15 is 0 Å². The molecule has 0 spiro atoms. The molecule has 1 unspecified atom stereocenters. The van der Waals surface area contributed by atoms with Gasteiger partial charge in [0.15, 0.2) is 0 Å². The van der Waals surface area contributed by atoms with E-state index in [2.05, 4.69) is 0 Å². The number of nitrogens with zero attached hydrogens (tertiary/aromatic N) is 2. The van der Waals surface area contributed by atoms with Crippen LogP contribution in [0.4, 0.5) is 0 Å². The average Bonchev–Trinajstić information content (AvgIpc) is 3.23. The number of methoxy groups -OCH3 is 1. The first-order valence-electron chi connectivity index (χ1n) is 12.0. The van der Waals surface area contributed by atoms with Crippen molar-refractivity contribution in [1.29, 1.82) is 5.26 Å². The standard InChI is InChI=1S/C30H26ClN2O4P/c1-5-37-30(34)28-26(23-16-18(2)15-21(19(23)3)7-6-14-32)27-25(13-12-24(31)29(27)38-35)33(28)17-20-8-10-22(36-4)11-9-20/h6-13,15-16H,5,17H2,1-4H3/p+1. The van der Waals surface area contributed by atoms with Gasteiger partial charge >= 0.3 is 14.4 Å². The third-order valence-corrected chi connectivity index (χ3v) is 7.65. The van der Waals surface area contributed by atoms with Gasteiger partial charge in [0.25, 0.3) is 0 Å². The van der Waals surface area contributed by atoms with Gasteiger partial charge in [0.05, 0.1) is 35.7 Å². The Morgan fingerprint density at radius 3 is 2.53 bits per heavy atom. The Morgan fingerprint density at radius 1 is 1.16 bits per heavy atom. The summed E-state index contributed by atoms with van der Waals surface area (Å²) in [5.41, 5.74) is 6.07. The summed E-state index contributed by atoms with van der Waals surface area (Å²) in [5.74, 6) is 0.242. The van der Waals surface area contributed by atoms with Crippen molar-refractivity contribution in [2.24, 2.45) is 0 Å². The smallest absolute Gasteiger partial charge is 0.365 e. The molecule has 6 nitrogen and oxygen atoms in total. The molecule has 1 atom stereocenters. The van der Waals surface area contributed by atoms with Gasteiger partial charge in [-0.2, -0.15) is 5.26 Å². The number of ether oxygens (including phenoxy) is 2. The number of benzene rings is 3. The molecule has 0 aliphatic heterocycles. The number of nitriles is 1. The van der Waals surface area contributed by atoms with Gasteiger partial charge in [0.1, 0.15) is 11.4 Å². The first-order chi connectivity index (χ1) is 18.3. The maximum absolute atomic E-state index is 13.6. The molecule has 0 radical (unpaired) electrons. The van der Waals surface area contributed by atoms with E-state index in [1.165, 1.54) is 6.08 Å². The van der Waals surface area contributed by atoms with E-state index in [9.17, 15) is 9.36 Å². The summed E-state index contributed by atoms with van der Waals surface area (Å²) in [4.78, 5) is 13.6. The van der Waals surface area contributed by atoms with E-state index in [0.717, 1.165) is 39.1 Å². The molecular formula is C30H27ClN2O4P+. The second-order valence-electron chi connectivity index (χ2n) is 8.79. The van der Waals surface area contributed by atoms with Crippen LogP contribution in [-0.2, 0) is 15.8 Å². The number of esters is 1. The molecule has 0 aliphatic carbocycles. The summed E-state index contributed by atoms with van der Waals surface area (Å²) < 4.78 is 25.3. The fourth-order valence-corrected chi connectivity index (χ4v) is 5.53. The first kappa shape index (κ1) is 27.1. The van der Waals surface area contributed by atoms with Crippen molar-refractivity contribution in [2.45, 2.75) is 27.3 Å². The molecule has 4 aromatic rings. The van der Waals surface area contributed by atoms with Crippen molar-refractivity contribution in [3.8, 4) is 22.9 Å². The van der Waals surface area contributed by atoms with Gasteiger partial charge in [0, 0.05) is 18.2 Å². The predicted molar refractivity (Wildman–Crippen MR) is 153 cm³/mol. The Morgan fingerprint density at radius 2 is 1.89 bits per heavy atom. The van der Waals surface area contributed by atoms with Crippen LogP contribution in [0.2, 0.25) is 5.02 Å². The number of hydrogen-bond donors (Lipinski definition) is 0. The van der Waals surface area contributed by atoms with Crippen LogP contribution in [0.25, 0.3) is 28.1 Å². The van der Waals surface area contributed by atoms with Crippen LogP contribution in [0.1, 0.15) is 39.7 Å². The van der Waals surface area contributed by atoms with Crippen LogP contribution >= 0.6 is 20.1 Å². The zero-order valence-electron chi connectivity index (χ0n) is 21.6. The molecule has 3 aromatic carbocycles. The summed E-state index contributed by atoms with van der Waals surface area (Å²) in [6.07, 6.45) is 3.17. The fourth-order valence-electron chi connectivity index (χ4n) is 4.72. The first-order valence-corrected chi connectivity index (χ1v) is 13.3. The third kappa shape index (κ3) is 5.09. The summed E-state index contributed by atoms with van der Waals surface area (Å²) >= 11 is 6.55. The fraction of sp³-hybridized carbons (Fsp3) is 0.200. The Hall–Kier alpha value is -3.91. The molecule has 0 amide bonds. The van der Waals surface area contributed by atoms with Gasteiger partial charge in [-0.3, -0.25) is 0 Å². The van der Waals surface area contributed by atoms with E-state index in [4.69, 9.17) is 26.3 Å². The molecule has 4 rings (SSSR count). The minimum Gasteiger partial charge on any atom is -0.497 e. The van der Waals surface area contributed by atoms with Crippen molar-refractivity contribution in [3.05, 3.63) is 87.6 Å². The number of halogens is 1. The molecule has 38 heavy (non-hydrogen) atoms. The molecule has 1 heterocycles. The van der Waals surface area contributed by atoms with Gasteiger partial charge in [0.2, 0.25) is 5.30 Å². The number of carbonyl (C=O) groups excluding carboxylic acids is 1. The molecule has 0 N–H and O–H groups in total. The van der Waals surface area contributed by atoms with E-state index in [1.54, 1.807) is 26.2 Å². The Balaban J connectivity index is 2.14. The minimum absolute atomic E-state index is 0.197. The highest BCUT2D eigenvalue weighted by molar-refractivity contribution is 7.35. The number of allylic oxidation sites excluding steroid dienone is 1. The average molecular weight is 546 g/mol. The largest absolute Gasteiger partial charge is 0.497 e. The van der Waals surface area contributed by atoms with Gasteiger partial charge in [-0.15, -0.1) is 0 Å². The predicted octanol–water partition coefficient (Wildman–Crippen LogP) is 7.00. The zero-order chi connectivity index (χ0) is 27.4. The van der Waals surface area contributed by atoms with E-state index in [-0.39, 0.29) is 6.61 Å². The molecule has 8 heteroatoms. The number of aryl methyl sites for hydroxylation is 1. The molecule has 0 fully saturated rings. The molecule has 1 aromatic heterocycles. The monoisotopic (exact) mass is 545 g/mol. The lowest BCUT2D eigenvalue weighted by atomic mass is 9.92. The van der Waals surface area contributed by atoms with Gasteiger partial charge in [-0.1, -0.05) is 40.4 Å². The van der Waals surface area contributed by atoms with Crippen molar-refractivity contribution < 1.29 is 18.8 Å².